The number of nitrogens with zero attached hydrogens (tertiary/aromatic N) is 1. The summed E-state index contributed by atoms with van der Waals surface area (Å²) in [5.74, 6) is 1.18. The Hall–Kier alpha value is -2.37. The fourth-order valence-corrected chi connectivity index (χ4v) is 2.56. The van der Waals surface area contributed by atoms with Crippen molar-refractivity contribution in [3.63, 3.8) is 0 Å². The molecule has 2 aromatic heterocycles. The van der Waals surface area contributed by atoms with Crippen molar-refractivity contribution in [1.82, 2.24) is 10.3 Å². The third-order valence-electron chi connectivity index (χ3n) is 2.96. The third-order valence-corrected chi connectivity index (χ3v) is 3.83. The Bertz CT molecular complexity index is 748. The van der Waals surface area contributed by atoms with Crippen molar-refractivity contribution >= 4 is 29.7 Å². The van der Waals surface area contributed by atoms with Crippen LogP contribution in [0, 0.1) is 0 Å². The summed E-state index contributed by atoms with van der Waals surface area (Å²) >= 11 is 1.43. The molecule has 1 N–H and O–H groups in total. The summed E-state index contributed by atoms with van der Waals surface area (Å²) in [6.45, 7) is 0.455. The number of ether oxygens (including phenoxy) is 1. The fourth-order valence-electron chi connectivity index (χ4n) is 1.92. The van der Waals surface area contributed by atoms with Crippen LogP contribution in [0.1, 0.15) is 15.2 Å². The largest absolute Gasteiger partial charge is 0.439 e. The molecule has 6 heteroatoms. The average Bonchev–Trinajstić information content (AvgIpc) is 3.08. The number of carbonyl (C=O) groups is 1. The first kappa shape index (κ1) is 17.0. The highest BCUT2D eigenvalue weighted by Crippen LogP contribution is 2.20. The molecule has 0 saturated carbocycles. The number of hydrogen-bond acceptors (Lipinski definition) is 4. The van der Waals surface area contributed by atoms with E-state index >= 15 is 0 Å². The van der Waals surface area contributed by atoms with E-state index in [4.69, 9.17) is 4.74 Å². The molecule has 0 aliphatic rings. The van der Waals surface area contributed by atoms with E-state index in [0.29, 0.717) is 23.1 Å². The minimum Gasteiger partial charge on any atom is -0.439 e. The lowest BCUT2D eigenvalue weighted by Crippen LogP contribution is -2.21. The Morgan fingerprint density at radius 2 is 2.04 bits per heavy atom. The molecule has 0 radical (unpaired) electrons. The molecular weight excluding hydrogens is 332 g/mol. The highest BCUT2D eigenvalue weighted by atomic mass is 35.5. The van der Waals surface area contributed by atoms with Crippen LogP contribution in [0.15, 0.2) is 66.2 Å². The van der Waals surface area contributed by atoms with Gasteiger partial charge in [-0.1, -0.05) is 24.3 Å². The molecule has 4 nitrogen and oxygen atoms in total. The summed E-state index contributed by atoms with van der Waals surface area (Å²) in [5.41, 5.74) is 0.971. The zero-order valence-corrected chi connectivity index (χ0v) is 13.8. The molecule has 0 aliphatic carbocycles. The van der Waals surface area contributed by atoms with Crippen molar-refractivity contribution in [2.75, 3.05) is 0 Å². The number of hydrogen-bond donors (Lipinski definition) is 1. The minimum absolute atomic E-state index is 0. The standard InChI is InChI=1S/C17H14N2O2S.ClH/c20-17(15-7-4-10-22-15)19-12-13-5-3-6-14(11-13)21-16-8-1-2-9-18-16;/h1-11H,12H2,(H,19,20);1H. The van der Waals surface area contributed by atoms with Crippen LogP contribution in [0.4, 0.5) is 0 Å². The molecule has 0 unspecified atom stereocenters. The molecule has 3 aromatic rings. The smallest absolute Gasteiger partial charge is 0.261 e. The Balaban J connectivity index is 0.00000192. The molecule has 118 valence electrons. The van der Waals surface area contributed by atoms with E-state index in [1.54, 1.807) is 18.3 Å². The number of carbonyl (C=O) groups excluding carboxylic acids is 1. The topological polar surface area (TPSA) is 51.2 Å². The summed E-state index contributed by atoms with van der Waals surface area (Å²) in [5, 5.41) is 4.78. The quantitative estimate of drug-likeness (QED) is 0.749. The van der Waals surface area contributed by atoms with Gasteiger partial charge in [0.1, 0.15) is 5.75 Å². The molecule has 2 heterocycles. The second-order valence-electron chi connectivity index (χ2n) is 4.58. The molecule has 3 rings (SSSR count). The van der Waals surface area contributed by atoms with Gasteiger partial charge < -0.3 is 10.1 Å². The lowest BCUT2D eigenvalue weighted by Gasteiger charge is -2.07. The summed E-state index contributed by atoms with van der Waals surface area (Å²) in [4.78, 5) is 16.7. The van der Waals surface area contributed by atoms with Crippen LogP contribution < -0.4 is 10.1 Å². The maximum atomic E-state index is 11.9. The predicted molar refractivity (Wildman–Crippen MR) is 93.5 cm³/mol. The zero-order valence-electron chi connectivity index (χ0n) is 12.1. The molecule has 0 saturated heterocycles. The average molecular weight is 347 g/mol. The highest BCUT2D eigenvalue weighted by Gasteiger charge is 2.06. The minimum atomic E-state index is -0.0638. The predicted octanol–water partition coefficient (Wildman–Crippen LogP) is 4.29. The van der Waals surface area contributed by atoms with E-state index in [9.17, 15) is 4.79 Å². The summed E-state index contributed by atoms with van der Waals surface area (Å²) in [6.07, 6.45) is 1.68. The first-order valence-electron chi connectivity index (χ1n) is 6.81. The van der Waals surface area contributed by atoms with Gasteiger partial charge in [0.05, 0.1) is 4.88 Å². The molecule has 23 heavy (non-hydrogen) atoms. The van der Waals surface area contributed by atoms with Crippen LogP contribution in [0.2, 0.25) is 0 Å². The number of amides is 1. The second kappa shape index (κ2) is 8.31. The van der Waals surface area contributed by atoms with E-state index < -0.39 is 0 Å². The highest BCUT2D eigenvalue weighted by molar-refractivity contribution is 7.12. The van der Waals surface area contributed by atoms with E-state index in [2.05, 4.69) is 10.3 Å². The summed E-state index contributed by atoms with van der Waals surface area (Å²) in [6, 6.07) is 16.8. The van der Waals surface area contributed by atoms with Crippen LogP contribution in [-0.4, -0.2) is 10.9 Å². The van der Waals surface area contributed by atoms with E-state index in [0.717, 1.165) is 5.56 Å². The molecule has 0 fully saturated rings. The molecule has 0 bridgehead atoms. The number of benzene rings is 1. The first-order valence-corrected chi connectivity index (χ1v) is 7.69. The van der Waals surface area contributed by atoms with E-state index in [1.807, 2.05) is 47.8 Å². The molecule has 1 aromatic carbocycles. The van der Waals surface area contributed by atoms with Crippen molar-refractivity contribution in [2.45, 2.75) is 6.54 Å². The second-order valence-corrected chi connectivity index (χ2v) is 5.53. The Morgan fingerprint density at radius 1 is 1.13 bits per heavy atom. The number of thiophene rings is 1. The van der Waals surface area contributed by atoms with Gasteiger partial charge in [0.25, 0.3) is 5.91 Å². The fraction of sp³-hybridized carbons (Fsp3) is 0.0588. The van der Waals surface area contributed by atoms with Crippen molar-refractivity contribution in [1.29, 1.82) is 0 Å². The first-order chi connectivity index (χ1) is 10.8. The molecule has 0 spiro atoms. The maximum absolute atomic E-state index is 11.9. The number of nitrogens with one attached hydrogen (secondary N) is 1. The van der Waals surface area contributed by atoms with Gasteiger partial charge in [0.15, 0.2) is 0 Å². The Labute approximate surface area is 144 Å². The molecular formula is C17H15ClN2O2S. The zero-order chi connectivity index (χ0) is 15.2. The van der Waals surface area contributed by atoms with Crippen molar-refractivity contribution < 1.29 is 9.53 Å². The van der Waals surface area contributed by atoms with Gasteiger partial charge in [0.2, 0.25) is 5.88 Å². The van der Waals surface area contributed by atoms with Crippen LogP contribution in [-0.2, 0) is 6.54 Å². The van der Waals surface area contributed by atoms with Crippen LogP contribution in [0.5, 0.6) is 11.6 Å². The Morgan fingerprint density at radius 3 is 2.78 bits per heavy atom. The van der Waals surface area contributed by atoms with Crippen molar-refractivity contribution in [3.05, 3.63) is 76.6 Å². The van der Waals surface area contributed by atoms with Gasteiger partial charge in [0, 0.05) is 18.8 Å². The number of rotatable bonds is 5. The van der Waals surface area contributed by atoms with Gasteiger partial charge in [-0.3, -0.25) is 4.79 Å². The van der Waals surface area contributed by atoms with Gasteiger partial charge in [-0.05, 0) is 35.2 Å². The van der Waals surface area contributed by atoms with Gasteiger partial charge in [-0.15, -0.1) is 23.7 Å². The summed E-state index contributed by atoms with van der Waals surface area (Å²) in [7, 11) is 0. The molecule has 1 amide bonds. The van der Waals surface area contributed by atoms with E-state index in [1.165, 1.54) is 11.3 Å². The number of aromatic nitrogens is 1. The van der Waals surface area contributed by atoms with Crippen LogP contribution in [0.3, 0.4) is 0 Å². The molecule has 0 atom stereocenters. The van der Waals surface area contributed by atoms with Crippen molar-refractivity contribution in [3.8, 4) is 11.6 Å². The van der Waals surface area contributed by atoms with Gasteiger partial charge >= 0.3 is 0 Å². The SMILES string of the molecule is Cl.O=C(NCc1cccc(Oc2ccccn2)c1)c1cccs1. The lowest BCUT2D eigenvalue weighted by molar-refractivity contribution is 0.0955. The normalized spacial score (nSPS) is 9.74. The number of pyridine rings is 1. The Kier molecular flexibility index (Phi) is 6.14. The number of halogens is 1. The monoisotopic (exact) mass is 346 g/mol. The summed E-state index contributed by atoms with van der Waals surface area (Å²) < 4.78 is 5.68. The van der Waals surface area contributed by atoms with Crippen LogP contribution >= 0.6 is 23.7 Å². The van der Waals surface area contributed by atoms with E-state index in [-0.39, 0.29) is 18.3 Å². The van der Waals surface area contributed by atoms with Gasteiger partial charge in [-0.2, -0.15) is 0 Å². The molecule has 0 aliphatic heterocycles. The van der Waals surface area contributed by atoms with Gasteiger partial charge in [-0.25, -0.2) is 4.98 Å². The maximum Gasteiger partial charge on any atom is 0.261 e. The third kappa shape index (κ3) is 4.81. The lowest BCUT2D eigenvalue weighted by atomic mass is 10.2. The van der Waals surface area contributed by atoms with Crippen molar-refractivity contribution in [2.24, 2.45) is 0 Å². The van der Waals surface area contributed by atoms with Crippen LogP contribution in [0.25, 0.3) is 0 Å².